The minimum Gasteiger partial charge on any atom is -0.493 e. The number of rotatable bonds is 2. The lowest BCUT2D eigenvalue weighted by Crippen LogP contribution is -2.23. The van der Waals surface area contributed by atoms with Crippen LogP contribution in [0.25, 0.3) is 0 Å². The molecule has 0 fully saturated rings. The van der Waals surface area contributed by atoms with Crippen LogP contribution in [0.15, 0.2) is 18.2 Å². The molecule has 1 aromatic carbocycles. The highest BCUT2D eigenvalue weighted by molar-refractivity contribution is 5.71. The van der Waals surface area contributed by atoms with Crippen molar-refractivity contribution in [1.82, 2.24) is 5.48 Å². The minimum atomic E-state index is -0.219. The number of aryl methyl sites for hydroxylation is 1. The molecule has 1 heterocycles. The summed E-state index contributed by atoms with van der Waals surface area (Å²) >= 11 is 0. The normalized spacial score (nSPS) is 13.7. The van der Waals surface area contributed by atoms with E-state index in [0.717, 1.165) is 30.8 Å². The summed E-state index contributed by atoms with van der Waals surface area (Å²) < 4.78 is 5.46. The van der Waals surface area contributed by atoms with E-state index in [1.165, 1.54) is 6.92 Å². The first kappa shape index (κ1) is 9.83. The highest BCUT2D eigenvalue weighted by atomic mass is 16.7. The molecule has 2 rings (SSSR count). The molecule has 4 heteroatoms. The van der Waals surface area contributed by atoms with Crippen LogP contribution in [0.2, 0.25) is 0 Å². The fourth-order valence-electron chi connectivity index (χ4n) is 1.53. The van der Waals surface area contributed by atoms with Crippen molar-refractivity contribution in [3.05, 3.63) is 23.8 Å². The molecule has 1 aromatic rings. The average Bonchev–Trinajstić information content (AvgIpc) is 2.26. The molecule has 15 heavy (non-hydrogen) atoms. The average molecular weight is 207 g/mol. The minimum absolute atomic E-state index is 0.219. The summed E-state index contributed by atoms with van der Waals surface area (Å²) in [7, 11) is 0. The summed E-state index contributed by atoms with van der Waals surface area (Å²) in [5, 5.41) is 0. The number of benzene rings is 1. The number of hydrogen-bond acceptors (Lipinski definition) is 3. The Labute approximate surface area is 88.1 Å². The molecule has 1 amide bonds. The van der Waals surface area contributed by atoms with Crippen molar-refractivity contribution in [2.75, 3.05) is 6.61 Å². The van der Waals surface area contributed by atoms with Gasteiger partial charge in [0.05, 0.1) is 6.61 Å². The molecule has 0 aromatic heterocycles. The number of hydrogen-bond donors (Lipinski definition) is 1. The van der Waals surface area contributed by atoms with Gasteiger partial charge in [0, 0.05) is 6.92 Å². The molecular formula is C11H13NO3. The molecule has 0 saturated heterocycles. The topological polar surface area (TPSA) is 47.6 Å². The van der Waals surface area contributed by atoms with E-state index < -0.39 is 0 Å². The van der Waals surface area contributed by atoms with Gasteiger partial charge in [-0.2, -0.15) is 5.48 Å². The molecule has 0 spiro atoms. The molecular weight excluding hydrogens is 194 g/mol. The first-order chi connectivity index (χ1) is 7.25. The van der Waals surface area contributed by atoms with Gasteiger partial charge in [0.2, 0.25) is 5.91 Å². The van der Waals surface area contributed by atoms with Crippen LogP contribution in [0, 0.1) is 0 Å². The van der Waals surface area contributed by atoms with Gasteiger partial charge in [-0.05, 0) is 36.6 Å². The van der Waals surface area contributed by atoms with E-state index in [2.05, 4.69) is 5.48 Å². The highest BCUT2D eigenvalue weighted by Gasteiger charge is 2.11. The Kier molecular flexibility index (Phi) is 2.76. The largest absolute Gasteiger partial charge is 0.493 e. The zero-order valence-electron chi connectivity index (χ0n) is 8.58. The van der Waals surface area contributed by atoms with Crippen LogP contribution in [0.4, 0.5) is 0 Å². The Hall–Kier alpha value is -1.71. The zero-order valence-corrected chi connectivity index (χ0v) is 8.58. The lowest BCUT2D eigenvalue weighted by molar-refractivity contribution is -0.125. The van der Waals surface area contributed by atoms with Crippen molar-refractivity contribution in [3.63, 3.8) is 0 Å². The van der Waals surface area contributed by atoms with Crippen molar-refractivity contribution in [1.29, 1.82) is 0 Å². The predicted molar refractivity (Wildman–Crippen MR) is 54.7 cm³/mol. The van der Waals surface area contributed by atoms with E-state index in [0.29, 0.717) is 5.75 Å². The van der Waals surface area contributed by atoms with Crippen LogP contribution in [0.3, 0.4) is 0 Å². The molecule has 0 unspecified atom stereocenters. The Morgan fingerprint density at radius 2 is 2.40 bits per heavy atom. The maximum atomic E-state index is 10.6. The van der Waals surface area contributed by atoms with E-state index in [4.69, 9.17) is 9.57 Å². The first-order valence-electron chi connectivity index (χ1n) is 4.95. The Morgan fingerprint density at radius 1 is 1.53 bits per heavy atom. The fourth-order valence-corrected chi connectivity index (χ4v) is 1.53. The third-order valence-corrected chi connectivity index (χ3v) is 2.19. The summed E-state index contributed by atoms with van der Waals surface area (Å²) in [6.07, 6.45) is 2.02. The lowest BCUT2D eigenvalue weighted by atomic mass is 10.1. The van der Waals surface area contributed by atoms with Crippen LogP contribution in [-0.2, 0) is 11.2 Å². The third-order valence-electron chi connectivity index (χ3n) is 2.19. The zero-order chi connectivity index (χ0) is 10.7. The monoisotopic (exact) mass is 207 g/mol. The first-order valence-corrected chi connectivity index (χ1v) is 4.95. The molecule has 1 aliphatic rings. The van der Waals surface area contributed by atoms with Crippen LogP contribution < -0.4 is 15.1 Å². The van der Waals surface area contributed by atoms with Gasteiger partial charge in [-0.15, -0.1) is 0 Å². The van der Waals surface area contributed by atoms with Crippen molar-refractivity contribution < 1.29 is 14.4 Å². The molecule has 4 nitrogen and oxygen atoms in total. The molecule has 0 aliphatic carbocycles. The van der Waals surface area contributed by atoms with Gasteiger partial charge in [0.25, 0.3) is 0 Å². The standard InChI is InChI=1S/C11H13NO3/c1-8(13)12-15-10-4-5-11-9(7-10)3-2-6-14-11/h4-5,7H,2-3,6H2,1H3,(H,12,13). The second kappa shape index (κ2) is 4.21. The highest BCUT2D eigenvalue weighted by Crippen LogP contribution is 2.28. The number of nitrogens with one attached hydrogen (secondary N) is 1. The molecule has 0 radical (unpaired) electrons. The van der Waals surface area contributed by atoms with Gasteiger partial charge in [-0.25, -0.2) is 0 Å². The number of carbonyl (C=O) groups excluding carboxylic acids is 1. The molecule has 1 N–H and O–H groups in total. The number of fused-ring (bicyclic) bond motifs is 1. The predicted octanol–water partition coefficient (Wildman–Crippen LogP) is 1.44. The van der Waals surface area contributed by atoms with Crippen LogP contribution in [0.1, 0.15) is 18.9 Å². The van der Waals surface area contributed by atoms with E-state index in [1.54, 1.807) is 6.07 Å². The van der Waals surface area contributed by atoms with Crippen molar-refractivity contribution >= 4 is 5.91 Å². The summed E-state index contributed by atoms with van der Waals surface area (Å²) in [4.78, 5) is 15.7. The fraction of sp³-hybridized carbons (Fsp3) is 0.364. The van der Waals surface area contributed by atoms with E-state index in [9.17, 15) is 4.79 Å². The second-order valence-corrected chi connectivity index (χ2v) is 3.48. The van der Waals surface area contributed by atoms with Crippen LogP contribution in [0.5, 0.6) is 11.5 Å². The molecule has 1 aliphatic heterocycles. The summed E-state index contributed by atoms with van der Waals surface area (Å²) in [6, 6.07) is 5.54. The van der Waals surface area contributed by atoms with Gasteiger partial charge in [0.15, 0.2) is 5.75 Å². The van der Waals surface area contributed by atoms with Crippen molar-refractivity contribution in [2.45, 2.75) is 19.8 Å². The van der Waals surface area contributed by atoms with Gasteiger partial charge < -0.3 is 9.57 Å². The van der Waals surface area contributed by atoms with Crippen molar-refractivity contribution in [2.24, 2.45) is 0 Å². The smallest absolute Gasteiger partial charge is 0.249 e. The number of carbonyl (C=O) groups is 1. The number of hydroxylamine groups is 1. The Balaban J connectivity index is 2.10. The maximum absolute atomic E-state index is 10.6. The van der Waals surface area contributed by atoms with E-state index in [-0.39, 0.29) is 5.91 Å². The number of amides is 1. The van der Waals surface area contributed by atoms with Crippen molar-refractivity contribution in [3.8, 4) is 11.5 Å². The van der Waals surface area contributed by atoms with Crippen LogP contribution >= 0.6 is 0 Å². The van der Waals surface area contributed by atoms with E-state index >= 15 is 0 Å². The molecule has 80 valence electrons. The third kappa shape index (κ3) is 2.40. The number of ether oxygens (including phenoxy) is 1. The molecule has 0 bridgehead atoms. The summed E-state index contributed by atoms with van der Waals surface area (Å²) in [5.41, 5.74) is 3.42. The summed E-state index contributed by atoms with van der Waals surface area (Å²) in [5.74, 6) is 1.33. The maximum Gasteiger partial charge on any atom is 0.249 e. The summed E-state index contributed by atoms with van der Waals surface area (Å²) in [6.45, 7) is 2.18. The second-order valence-electron chi connectivity index (χ2n) is 3.48. The Bertz CT molecular complexity index is 376. The molecule has 0 atom stereocenters. The van der Waals surface area contributed by atoms with E-state index in [1.807, 2.05) is 12.1 Å². The Morgan fingerprint density at radius 3 is 3.20 bits per heavy atom. The van der Waals surface area contributed by atoms with Gasteiger partial charge in [-0.1, -0.05) is 0 Å². The SMILES string of the molecule is CC(=O)NOc1ccc2c(c1)CCCO2. The lowest BCUT2D eigenvalue weighted by Gasteiger charge is -2.17. The van der Waals surface area contributed by atoms with Gasteiger partial charge in [0.1, 0.15) is 5.75 Å². The van der Waals surface area contributed by atoms with Crippen LogP contribution in [-0.4, -0.2) is 12.5 Å². The van der Waals surface area contributed by atoms with Gasteiger partial charge >= 0.3 is 0 Å². The van der Waals surface area contributed by atoms with Gasteiger partial charge in [-0.3, -0.25) is 4.79 Å². The molecule has 0 saturated carbocycles. The quantitative estimate of drug-likeness (QED) is 0.746.